The Kier molecular flexibility index (Phi) is 4.67. The molecule has 0 aliphatic carbocycles. The summed E-state index contributed by atoms with van der Waals surface area (Å²) in [6.45, 7) is 1.91. The number of hydrogen-bond donors (Lipinski definition) is 2. The van der Waals surface area contributed by atoms with Crippen LogP contribution in [0, 0.1) is 18.8 Å². The van der Waals surface area contributed by atoms with Crippen molar-refractivity contribution in [2.24, 2.45) is 0 Å². The van der Waals surface area contributed by atoms with E-state index in [4.69, 9.17) is 0 Å². The van der Waals surface area contributed by atoms with Gasteiger partial charge in [0.25, 0.3) is 5.91 Å². The van der Waals surface area contributed by atoms with Crippen LogP contribution in [-0.4, -0.2) is 22.6 Å². The van der Waals surface area contributed by atoms with E-state index in [0.717, 1.165) is 23.2 Å². The first-order valence-corrected chi connectivity index (χ1v) is 7.73. The molecule has 4 nitrogen and oxygen atoms in total. The Morgan fingerprint density at radius 3 is 2.81 bits per heavy atom. The van der Waals surface area contributed by atoms with Crippen LogP contribution in [0.4, 0.5) is 13.2 Å². The first-order valence-electron chi connectivity index (χ1n) is 7.73. The van der Waals surface area contributed by atoms with Gasteiger partial charge in [0.05, 0.1) is 17.6 Å². The molecule has 0 aliphatic heterocycles. The molecular weight excluding hydrogens is 343 g/mol. The topological polar surface area (TPSA) is 57.8 Å². The highest BCUT2D eigenvalue weighted by molar-refractivity contribution is 6.04. The number of hydrogen-bond acceptors (Lipinski definition) is 2. The molecule has 26 heavy (non-hydrogen) atoms. The first kappa shape index (κ1) is 17.5. The highest BCUT2D eigenvalue weighted by Crippen LogP contribution is 2.29. The summed E-state index contributed by atoms with van der Waals surface area (Å²) < 4.78 is 38.0. The van der Waals surface area contributed by atoms with E-state index >= 15 is 0 Å². The molecule has 132 valence electrons. The number of fused-ring (bicyclic) bond motifs is 1. The van der Waals surface area contributed by atoms with Crippen LogP contribution in [0.25, 0.3) is 10.9 Å². The van der Waals surface area contributed by atoms with Crippen molar-refractivity contribution in [1.82, 2.24) is 15.5 Å². The van der Waals surface area contributed by atoms with Gasteiger partial charge in [0.15, 0.2) is 5.69 Å². The lowest BCUT2D eigenvalue weighted by atomic mass is 10.1. The summed E-state index contributed by atoms with van der Waals surface area (Å²) in [4.78, 5) is 12.2. The minimum absolute atomic E-state index is 0.00471. The molecule has 1 aromatic heterocycles. The maximum atomic E-state index is 12.7. The molecule has 3 rings (SSSR count). The van der Waals surface area contributed by atoms with E-state index in [1.54, 1.807) is 0 Å². The van der Waals surface area contributed by atoms with Crippen molar-refractivity contribution in [3.05, 3.63) is 64.8 Å². The van der Waals surface area contributed by atoms with Gasteiger partial charge >= 0.3 is 6.18 Å². The van der Waals surface area contributed by atoms with Crippen molar-refractivity contribution in [3.63, 3.8) is 0 Å². The van der Waals surface area contributed by atoms with Crippen LogP contribution in [-0.2, 0) is 6.18 Å². The molecular formula is C19H14F3N3O. The van der Waals surface area contributed by atoms with Crippen molar-refractivity contribution in [1.29, 1.82) is 0 Å². The molecule has 2 N–H and O–H groups in total. The molecule has 0 atom stereocenters. The Morgan fingerprint density at radius 1 is 1.23 bits per heavy atom. The standard InChI is InChI=1S/C19H14F3N3O/c1-12-7-8-16-15(10-12)17(25-24-16)18(26)23-9-3-5-13-4-2-6-14(11-13)19(20,21)22/h2,4,6-8,10-11H,9H2,1H3,(H,23,26)(H,24,25). The van der Waals surface area contributed by atoms with Crippen LogP contribution >= 0.6 is 0 Å². The predicted molar refractivity (Wildman–Crippen MR) is 91.5 cm³/mol. The summed E-state index contributed by atoms with van der Waals surface area (Å²) >= 11 is 0. The summed E-state index contributed by atoms with van der Waals surface area (Å²) in [5, 5.41) is 10.1. The lowest BCUT2D eigenvalue weighted by Crippen LogP contribution is -2.24. The Labute approximate surface area is 147 Å². The van der Waals surface area contributed by atoms with E-state index in [-0.39, 0.29) is 17.8 Å². The molecule has 1 heterocycles. The zero-order valence-corrected chi connectivity index (χ0v) is 13.7. The number of rotatable bonds is 2. The van der Waals surface area contributed by atoms with E-state index < -0.39 is 17.6 Å². The monoisotopic (exact) mass is 357 g/mol. The molecule has 0 spiro atoms. The van der Waals surface area contributed by atoms with E-state index in [1.165, 1.54) is 12.1 Å². The number of aryl methyl sites for hydroxylation is 1. The van der Waals surface area contributed by atoms with Gasteiger partial charge in [0, 0.05) is 10.9 Å². The van der Waals surface area contributed by atoms with Crippen LogP contribution in [0.2, 0.25) is 0 Å². The second kappa shape index (κ2) is 6.92. The largest absolute Gasteiger partial charge is 0.416 e. The molecule has 0 radical (unpaired) electrons. The third-order valence-electron chi connectivity index (χ3n) is 3.69. The smallest absolute Gasteiger partial charge is 0.340 e. The lowest BCUT2D eigenvalue weighted by Gasteiger charge is -2.05. The Bertz CT molecular complexity index is 1030. The zero-order valence-electron chi connectivity index (χ0n) is 13.7. The van der Waals surface area contributed by atoms with Gasteiger partial charge in [-0.15, -0.1) is 0 Å². The molecule has 2 aromatic carbocycles. The Hall–Kier alpha value is -3.27. The van der Waals surface area contributed by atoms with Crippen LogP contribution in [0.3, 0.4) is 0 Å². The second-order valence-electron chi connectivity index (χ2n) is 5.68. The zero-order chi connectivity index (χ0) is 18.7. The Morgan fingerprint density at radius 2 is 2.04 bits per heavy atom. The molecule has 0 saturated heterocycles. The van der Waals surface area contributed by atoms with Crippen LogP contribution in [0.15, 0.2) is 42.5 Å². The molecule has 7 heteroatoms. The number of nitrogens with zero attached hydrogens (tertiary/aromatic N) is 1. The number of H-pyrrole nitrogens is 1. The van der Waals surface area contributed by atoms with Crippen molar-refractivity contribution in [2.45, 2.75) is 13.1 Å². The summed E-state index contributed by atoms with van der Waals surface area (Å²) in [6, 6.07) is 10.3. The predicted octanol–water partition coefficient (Wildman–Crippen LogP) is 3.67. The summed E-state index contributed by atoms with van der Waals surface area (Å²) in [5.74, 6) is 4.85. The summed E-state index contributed by atoms with van der Waals surface area (Å²) in [6.07, 6.45) is -4.41. The van der Waals surface area contributed by atoms with Gasteiger partial charge in [-0.05, 0) is 37.3 Å². The number of benzene rings is 2. The highest BCUT2D eigenvalue weighted by atomic mass is 19.4. The minimum atomic E-state index is -4.41. The fourth-order valence-corrected chi connectivity index (χ4v) is 2.43. The van der Waals surface area contributed by atoms with Gasteiger partial charge in [-0.3, -0.25) is 9.89 Å². The van der Waals surface area contributed by atoms with Crippen molar-refractivity contribution >= 4 is 16.8 Å². The van der Waals surface area contributed by atoms with E-state index in [9.17, 15) is 18.0 Å². The average molecular weight is 357 g/mol. The number of aromatic nitrogens is 2. The summed E-state index contributed by atoms with van der Waals surface area (Å²) in [7, 11) is 0. The molecule has 0 fully saturated rings. The van der Waals surface area contributed by atoms with Crippen molar-refractivity contribution in [3.8, 4) is 11.8 Å². The van der Waals surface area contributed by atoms with Crippen LogP contribution in [0.5, 0.6) is 0 Å². The first-order chi connectivity index (χ1) is 12.3. The molecule has 3 aromatic rings. The number of carbonyl (C=O) groups is 1. The van der Waals surface area contributed by atoms with Crippen LogP contribution < -0.4 is 5.32 Å². The fourth-order valence-electron chi connectivity index (χ4n) is 2.43. The van der Waals surface area contributed by atoms with E-state index in [1.807, 2.05) is 25.1 Å². The Balaban J connectivity index is 1.68. The van der Waals surface area contributed by atoms with Gasteiger partial charge < -0.3 is 5.32 Å². The number of alkyl halides is 3. The number of nitrogens with one attached hydrogen (secondary N) is 2. The average Bonchev–Trinajstić information content (AvgIpc) is 3.01. The quantitative estimate of drug-likeness (QED) is 0.688. The summed E-state index contributed by atoms with van der Waals surface area (Å²) in [5.41, 5.74) is 1.47. The van der Waals surface area contributed by atoms with Gasteiger partial charge in [-0.2, -0.15) is 18.3 Å². The van der Waals surface area contributed by atoms with Gasteiger partial charge in [-0.1, -0.05) is 29.5 Å². The van der Waals surface area contributed by atoms with Crippen molar-refractivity contribution < 1.29 is 18.0 Å². The molecule has 0 saturated carbocycles. The second-order valence-corrected chi connectivity index (χ2v) is 5.68. The molecule has 0 bridgehead atoms. The normalized spacial score (nSPS) is 11.1. The molecule has 0 aliphatic rings. The van der Waals surface area contributed by atoms with Crippen LogP contribution in [0.1, 0.15) is 27.2 Å². The molecule has 0 unspecified atom stereocenters. The van der Waals surface area contributed by atoms with E-state index in [0.29, 0.717) is 5.39 Å². The number of halogens is 3. The minimum Gasteiger partial charge on any atom is -0.340 e. The molecule has 1 amide bonds. The lowest BCUT2D eigenvalue weighted by molar-refractivity contribution is -0.137. The maximum absolute atomic E-state index is 12.7. The van der Waals surface area contributed by atoms with Gasteiger partial charge in [-0.25, -0.2) is 0 Å². The number of aromatic amines is 1. The van der Waals surface area contributed by atoms with E-state index in [2.05, 4.69) is 27.4 Å². The maximum Gasteiger partial charge on any atom is 0.416 e. The van der Waals surface area contributed by atoms with Gasteiger partial charge in [0.2, 0.25) is 0 Å². The number of amides is 1. The van der Waals surface area contributed by atoms with Gasteiger partial charge in [0.1, 0.15) is 0 Å². The van der Waals surface area contributed by atoms with Crippen molar-refractivity contribution in [2.75, 3.05) is 6.54 Å². The third kappa shape index (κ3) is 3.86. The number of carbonyl (C=O) groups excluding carboxylic acids is 1. The third-order valence-corrected chi connectivity index (χ3v) is 3.69. The SMILES string of the molecule is Cc1ccc2[nH]nc(C(=O)NCC#Cc3cccc(C(F)(F)F)c3)c2c1. The highest BCUT2D eigenvalue weighted by Gasteiger charge is 2.30. The fraction of sp³-hybridized carbons (Fsp3) is 0.158.